The van der Waals surface area contributed by atoms with Gasteiger partial charge in [-0.05, 0) is 0 Å². The van der Waals surface area contributed by atoms with Crippen molar-refractivity contribution in [3.63, 3.8) is 0 Å². The van der Waals surface area contributed by atoms with E-state index in [-0.39, 0.29) is 11.9 Å². The Kier molecular flexibility index (Phi) is 5.74. The van der Waals surface area contributed by atoms with Crippen LogP contribution in [0.5, 0.6) is 0 Å². The Morgan fingerprint density at radius 3 is 2.65 bits per heavy atom. The molecule has 2 aliphatic rings. The van der Waals surface area contributed by atoms with E-state index in [1.165, 1.54) is 6.92 Å². The minimum absolute atomic E-state index is 0.119. The van der Waals surface area contributed by atoms with Gasteiger partial charge in [-0.3, -0.25) is 14.6 Å². The number of nitrogens with one attached hydrogen (secondary N) is 1. The molecule has 0 radical (unpaired) electrons. The molecule has 0 bridgehead atoms. The van der Waals surface area contributed by atoms with Crippen LogP contribution in [-0.2, 0) is 9.53 Å². The summed E-state index contributed by atoms with van der Waals surface area (Å²) in [6.45, 7) is 7.33. The van der Waals surface area contributed by atoms with Gasteiger partial charge in [-0.25, -0.2) is 0 Å². The predicted octanol–water partition coefficient (Wildman–Crippen LogP) is -2.14. The molecule has 2 fully saturated rings. The number of amides is 1. The van der Waals surface area contributed by atoms with Gasteiger partial charge in [-0.1, -0.05) is 0 Å². The largest absolute Gasteiger partial charge is 0.389 e. The van der Waals surface area contributed by atoms with Gasteiger partial charge in [0, 0.05) is 46.2 Å². The minimum Gasteiger partial charge on any atom is -0.389 e. The zero-order chi connectivity index (χ0) is 14.5. The smallest absolute Gasteiger partial charge is 0.216 e. The topological polar surface area (TPSA) is 85.3 Å². The standard InChI is InChI=1S/C13H25N3O4/c1-10(17)14-8-11-13(19)12(18)9-16(11)3-2-15-4-6-20-7-5-15/h11-13,18-19H,2-9H2,1H3,(H,14,17)/t11-,12-,13+/m0/s1. The first-order valence-electron chi connectivity index (χ1n) is 7.22. The number of aliphatic hydroxyl groups excluding tert-OH is 2. The van der Waals surface area contributed by atoms with E-state index in [1.54, 1.807) is 0 Å². The van der Waals surface area contributed by atoms with Crippen molar-refractivity contribution in [3.8, 4) is 0 Å². The predicted molar refractivity (Wildman–Crippen MR) is 73.3 cm³/mol. The quantitative estimate of drug-likeness (QED) is 0.535. The number of β-amino-alcohol motifs (C(OH)–C–C–N with tert-alkyl or cyclic N) is 1. The fraction of sp³-hybridized carbons (Fsp3) is 0.923. The first-order valence-corrected chi connectivity index (χ1v) is 7.22. The summed E-state index contributed by atoms with van der Waals surface area (Å²) in [5.74, 6) is -0.119. The van der Waals surface area contributed by atoms with Crippen LogP contribution in [0.4, 0.5) is 0 Å². The van der Waals surface area contributed by atoms with Gasteiger partial charge in [0.1, 0.15) is 0 Å². The van der Waals surface area contributed by atoms with Crippen molar-refractivity contribution in [2.24, 2.45) is 0 Å². The first-order chi connectivity index (χ1) is 9.58. The summed E-state index contributed by atoms with van der Waals surface area (Å²) in [5, 5.41) is 22.5. The fourth-order valence-corrected chi connectivity index (χ4v) is 2.81. The van der Waals surface area contributed by atoms with Crippen LogP contribution < -0.4 is 5.32 Å². The van der Waals surface area contributed by atoms with Gasteiger partial charge < -0.3 is 20.3 Å². The van der Waals surface area contributed by atoms with Gasteiger partial charge in [0.05, 0.1) is 31.5 Å². The van der Waals surface area contributed by atoms with Crippen LogP contribution in [0.25, 0.3) is 0 Å². The van der Waals surface area contributed by atoms with Gasteiger partial charge in [0.15, 0.2) is 0 Å². The molecule has 116 valence electrons. The summed E-state index contributed by atoms with van der Waals surface area (Å²) in [6.07, 6.45) is -1.54. The van der Waals surface area contributed by atoms with Crippen molar-refractivity contribution >= 4 is 5.91 Å². The number of carbonyl (C=O) groups is 1. The molecular weight excluding hydrogens is 262 g/mol. The average molecular weight is 287 g/mol. The zero-order valence-electron chi connectivity index (χ0n) is 12.0. The van der Waals surface area contributed by atoms with Gasteiger partial charge in [-0.15, -0.1) is 0 Å². The normalized spacial score (nSPS) is 32.5. The molecule has 0 spiro atoms. The second kappa shape index (κ2) is 7.33. The lowest BCUT2D eigenvalue weighted by atomic mass is 10.1. The maximum Gasteiger partial charge on any atom is 0.216 e. The summed E-state index contributed by atoms with van der Waals surface area (Å²) in [7, 11) is 0. The Morgan fingerprint density at radius 1 is 1.30 bits per heavy atom. The van der Waals surface area contributed by atoms with E-state index in [9.17, 15) is 15.0 Å². The molecule has 1 amide bonds. The van der Waals surface area contributed by atoms with E-state index in [4.69, 9.17) is 4.74 Å². The highest BCUT2D eigenvalue weighted by atomic mass is 16.5. The van der Waals surface area contributed by atoms with Gasteiger partial charge >= 0.3 is 0 Å². The van der Waals surface area contributed by atoms with Crippen LogP contribution >= 0.6 is 0 Å². The lowest BCUT2D eigenvalue weighted by Gasteiger charge is -2.31. The maximum absolute atomic E-state index is 11.0. The Bertz CT molecular complexity index is 323. The molecule has 3 atom stereocenters. The Hall–Kier alpha value is -0.730. The second-order valence-corrected chi connectivity index (χ2v) is 5.51. The third-order valence-electron chi connectivity index (χ3n) is 4.05. The number of aliphatic hydroxyl groups is 2. The van der Waals surface area contributed by atoms with Crippen LogP contribution in [-0.4, -0.2) is 96.7 Å². The molecule has 20 heavy (non-hydrogen) atoms. The number of ether oxygens (including phenoxy) is 1. The third-order valence-corrected chi connectivity index (χ3v) is 4.05. The van der Waals surface area contributed by atoms with E-state index in [0.29, 0.717) is 13.1 Å². The number of nitrogens with zero attached hydrogens (tertiary/aromatic N) is 2. The van der Waals surface area contributed by atoms with Crippen molar-refractivity contribution in [3.05, 3.63) is 0 Å². The van der Waals surface area contributed by atoms with Crippen molar-refractivity contribution in [2.45, 2.75) is 25.2 Å². The Labute approximate surface area is 119 Å². The van der Waals surface area contributed by atoms with Crippen LogP contribution in [0.2, 0.25) is 0 Å². The molecule has 0 aromatic rings. The molecule has 0 aliphatic carbocycles. The Balaban J connectivity index is 1.82. The highest BCUT2D eigenvalue weighted by molar-refractivity contribution is 5.72. The number of carbonyl (C=O) groups excluding carboxylic acids is 1. The molecule has 3 N–H and O–H groups in total. The van der Waals surface area contributed by atoms with Gasteiger partial charge in [0.25, 0.3) is 0 Å². The molecule has 7 heteroatoms. The number of hydrogen-bond donors (Lipinski definition) is 3. The molecule has 2 rings (SSSR count). The summed E-state index contributed by atoms with van der Waals surface area (Å²) in [5.41, 5.74) is 0. The molecule has 7 nitrogen and oxygen atoms in total. The fourth-order valence-electron chi connectivity index (χ4n) is 2.81. The van der Waals surface area contributed by atoms with Gasteiger partial charge in [-0.2, -0.15) is 0 Å². The molecule has 0 saturated carbocycles. The molecule has 0 aromatic carbocycles. The van der Waals surface area contributed by atoms with Crippen LogP contribution in [0.3, 0.4) is 0 Å². The van der Waals surface area contributed by atoms with E-state index in [1.807, 2.05) is 0 Å². The first kappa shape index (κ1) is 15.7. The van der Waals surface area contributed by atoms with E-state index in [0.717, 1.165) is 39.4 Å². The van der Waals surface area contributed by atoms with Crippen LogP contribution in [0.1, 0.15) is 6.92 Å². The number of morpholine rings is 1. The molecule has 2 heterocycles. The third kappa shape index (κ3) is 4.13. The summed E-state index contributed by atoms with van der Waals surface area (Å²) < 4.78 is 5.31. The van der Waals surface area contributed by atoms with Crippen molar-refractivity contribution in [1.29, 1.82) is 0 Å². The van der Waals surface area contributed by atoms with Crippen molar-refractivity contribution < 1.29 is 19.7 Å². The highest BCUT2D eigenvalue weighted by Gasteiger charge is 2.39. The molecule has 0 unspecified atom stereocenters. The maximum atomic E-state index is 11.0. The number of hydrogen-bond acceptors (Lipinski definition) is 6. The SMILES string of the molecule is CC(=O)NC[C@H]1[C@@H](O)[C@@H](O)CN1CCN1CCOCC1. The van der Waals surface area contributed by atoms with Crippen LogP contribution in [0, 0.1) is 0 Å². The van der Waals surface area contributed by atoms with E-state index >= 15 is 0 Å². The van der Waals surface area contributed by atoms with Crippen molar-refractivity contribution in [2.75, 3.05) is 52.5 Å². The highest BCUT2D eigenvalue weighted by Crippen LogP contribution is 2.18. The monoisotopic (exact) mass is 287 g/mol. The minimum atomic E-state index is -0.800. The number of rotatable bonds is 5. The van der Waals surface area contributed by atoms with E-state index in [2.05, 4.69) is 15.1 Å². The summed E-state index contributed by atoms with van der Waals surface area (Å²) >= 11 is 0. The lowest BCUT2D eigenvalue weighted by molar-refractivity contribution is -0.119. The van der Waals surface area contributed by atoms with Crippen molar-refractivity contribution in [1.82, 2.24) is 15.1 Å². The second-order valence-electron chi connectivity index (χ2n) is 5.51. The molecular formula is C13H25N3O4. The molecule has 2 aliphatic heterocycles. The number of likely N-dealkylation sites (tertiary alicyclic amines) is 1. The van der Waals surface area contributed by atoms with Crippen LogP contribution in [0.15, 0.2) is 0 Å². The van der Waals surface area contributed by atoms with E-state index < -0.39 is 12.2 Å². The molecule has 2 saturated heterocycles. The summed E-state index contributed by atoms with van der Waals surface area (Å²) in [4.78, 5) is 15.4. The zero-order valence-corrected chi connectivity index (χ0v) is 12.0. The molecule has 0 aromatic heterocycles. The lowest BCUT2D eigenvalue weighted by Crippen LogP contribution is -2.48. The summed E-state index contributed by atoms with van der Waals surface area (Å²) in [6, 6.07) is -0.213. The van der Waals surface area contributed by atoms with Gasteiger partial charge in [0.2, 0.25) is 5.91 Å². The Morgan fingerprint density at radius 2 is 2.00 bits per heavy atom. The average Bonchev–Trinajstić information content (AvgIpc) is 2.71.